The van der Waals surface area contributed by atoms with Gasteiger partial charge < -0.3 is 15.4 Å². The fourth-order valence-corrected chi connectivity index (χ4v) is 6.89. The van der Waals surface area contributed by atoms with Crippen LogP contribution in [0.1, 0.15) is 28.1 Å². The zero-order valence-corrected chi connectivity index (χ0v) is 21.1. The number of carbonyl (C=O) groups excluding carboxylic acids is 1. The molecule has 188 valence electrons. The van der Waals surface area contributed by atoms with Crippen molar-refractivity contribution < 1.29 is 23.2 Å². The zero-order chi connectivity index (χ0) is 24.8. The lowest BCUT2D eigenvalue weighted by molar-refractivity contribution is -0.0306. The Morgan fingerprint density at radius 2 is 2.00 bits per heavy atom. The predicted octanol–water partition coefficient (Wildman–Crippen LogP) is 2.57. The first-order valence-electron chi connectivity index (χ1n) is 11.4. The fraction of sp³-hybridized carbons (Fsp3) is 0.375. The molecule has 0 aliphatic carbocycles. The van der Waals surface area contributed by atoms with E-state index in [9.17, 15) is 18.4 Å². The average Bonchev–Trinajstić information content (AvgIpc) is 3.37. The van der Waals surface area contributed by atoms with Crippen LogP contribution in [0.25, 0.3) is 0 Å². The molecular formula is C24H30N4O5S2. The number of rotatable bonds is 9. The van der Waals surface area contributed by atoms with Crippen molar-refractivity contribution in [2.45, 2.75) is 29.6 Å². The molecule has 0 unspecified atom stereocenters. The first-order chi connectivity index (χ1) is 16.8. The summed E-state index contributed by atoms with van der Waals surface area (Å²) in [6.07, 6.45) is 6.92. The Morgan fingerprint density at radius 1 is 1.20 bits per heavy atom. The highest BCUT2D eigenvalue weighted by Crippen LogP contribution is 2.27. The molecular weight excluding hydrogens is 488 g/mol. The summed E-state index contributed by atoms with van der Waals surface area (Å²) in [6, 6.07) is 10.5. The topological polar surface area (TPSA) is 111 Å². The monoisotopic (exact) mass is 518 g/mol. The number of hydrogen-bond donors (Lipinski definition) is 3. The molecule has 1 aromatic heterocycles. The third-order valence-electron chi connectivity index (χ3n) is 6.04. The van der Waals surface area contributed by atoms with Gasteiger partial charge in [-0.1, -0.05) is 12.1 Å². The van der Waals surface area contributed by atoms with E-state index < -0.39 is 10.0 Å². The highest BCUT2D eigenvalue weighted by molar-refractivity contribution is 7.91. The third kappa shape index (κ3) is 6.50. The minimum Gasteiger partial charge on any atom is -0.497 e. The lowest BCUT2D eigenvalue weighted by atomic mass is 10.1. The summed E-state index contributed by atoms with van der Waals surface area (Å²) >= 11 is 1.18. The van der Waals surface area contributed by atoms with Gasteiger partial charge in [-0.15, -0.1) is 11.3 Å². The van der Waals surface area contributed by atoms with Gasteiger partial charge in [-0.3, -0.25) is 15.1 Å². The van der Waals surface area contributed by atoms with Crippen LogP contribution in [-0.4, -0.2) is 68.2 Å². The molecule has 2 aliphatic heterocycles. The lowest BCUT2D eigenvalue weighted by Crippen LogP contribution is -2.45. The summed E-state index contributed by atoms with van der Waals surface area (Å²) in [6.45, 7) is 2.33. The van der Waals surface area contributed by atoms with E-state index in [0.717, 1.165) is 28.4 Å². The van der Waals surface area contributed by atoms with Gasteiger partial charge in [0.25, 0.3) is 15.9 Å². The first-order valence-corrected chi connectivity index (χ1v) is 13.7. The van der Waals surface area contributed by atoms with E-state index in [1.807, 2.05) is 12.2 Å². The van der Waals surface area contributed by atoms with Gasteiger partial charge in [0, 0.05) is 42.3 Å². The van der Waals surface area contributed by atoms with Crippen molar-refractivity contribution in [1.29, 1.82) is 0 Å². The molecule has 4 rings (SSSR count). The molecule has 1 saturated heterocycles. The summed E-state index contributed by atoms with van der Waals surface area (Å²) in [4.78, 5) is 13.2. The molecule has 35 heavy (non-hydrogen) atoms. The highest BCUT2D eigenvalue weighted by Gasteiger charge is 2.30. The molecule has 11 heteroatoms. The quantitative estimate of drug-likeness (QED) is 0.468. The number of piperidine rings is 1. The van der Waals surface area contributed by atoms with Crippen LogP contribution in [0.5, 0.6) is 5.75 Å². The molecule has 1 fully saturated rings. The number of carbonyl (C=O) groups is 1. The predicted molar refractivity (Wildman–Crippen MR) is 134 cm³/mol. The standard InChI is InChI=1S/C24H30N4O5S2/c1-33-21-4-2-3-19(15-21)24(29)26-17-22-5-6-23(34-22)35(31,32)28-13-9-20(10-14-28)25-16-18-7-11-27(30)12-8-18/h2-8,11,15,20,25,30H,9-10,12-14,16-17H2,1H3,(H,26,29). The molecule has 9 nitrogen and oxygen atoms in total. The Hall–Kier alpha value is -2.70. The second kappa shape index (κ2) is 11.4. The van der Waals surface area contributed by atoms with E-state index in [4.69, 9.17) is 4.74 Å². The van der Waals surface area contributed by atoms with E-state index in [1.54, 1.807) is 54.0 Å². The smallest absolute Gasteiger partial charge is 0.252 e. The van der Waals surface area contributed by atoms with Crippen molar-refractivity contribution in [3.8, 4) is 5.75 Å². The fourth-order valence-electron chi connectivity index (χ4n) is 3.97. The van der Waals surface area contributed by atoms with Crippen LogP contribution in [0.4, 0.5) is 0 Å². The van der Waals surface area contributed by atoms with Crippen molar-refractivity contribution in [2.24, 2.45) is 0 Å². The number of benzene rings is 1. The summed E-state index contributed by atoms with van der Waals surface area (Å²) in [5, 5.41) is 16.8. The average molecular weight is 519 g/mol. The third-order valence-corrected chi connectivity index (χ3v) is 9.49. The summed E-state index contributed by atoms with van der Waals surface area (Å²) in [5.41, 5.74) is 1.59. The van der Waals surface area contributed by atoms with Crippen molar-refractivity contribution >= 4 is 27.3 Å². The Kier molecular flexibility index (Phi) is 8.24. The molecule has 2 aromatic rings. The number of methoxy groups -OCH3 is 1. The van der Waals surface area contributed by atoms with E-state index in [1.165, 1.54) is 11.3 Å². The Morgan fingerprint density at radius 3 is 2.71 bits per heavy atom. The van der Waals surface area contributed by atoms with Crippen molar-refractivity contribution in [1.82, 2.24) is 20.0 Å². The van der Waals surface area contributed by atoms with Crippen LogP contribution < -0.4 is 15.4 Å². The largest absolute Gasteiger partial charge is 0.497 e. The highest BCUT2D eigenvalue weighted by atomic mass is 32.2. The van der Waals surface area contributed by atoms with Gasteiger partial charge in [0.2, 0.25) is 0 Å². The number of nitrogens with zero attached hydrogens (tertiary/aromatic N) is 2. The van der Waals surface area contributed by atoms with E-state index in [-0.39, 0.29) is 18.5 Å². The molecule has 2 aliphatic rings. The number of amides is 1. The number of hydrogen-bond acceptors (Lipinski definition) is 8. The maximum atomic E-state index is 13.1. The number of sulfonamides is 1. The van der Waals surface area contributed by atoms with Gasteiger partial charge in [0.15, 0.2) is 0 Å². The van der Waals surface area contributed by atoms with Gasteiger partial charge >= 0.3 is 0 Å². The normalized spacial score (nSPS) is 17.3. The molecule has 0 saturated carbocycles. The lowest BCUT2D eigenvalue weighted by Gasteiger charge is -2.31. The molecule has 0 atom stereocenters. The zero-order valence-electron chi connectivity index (χ0n) is 19.5. The number of thiophene rings is 1. The van der Waals surface area contributed by atoms with Crippen LogP contribution in [0, 0.1) is 0 Å². The SMILES string of the molecule is COc1cccc(C(=O)NCc2ccc(S(=O)(=O)N3CCC(NCC4=CCN(O)C=C4)CC3)s2)c1. The van der Waals surface area contributed by atoms with E-state index >= 15 is 0 Å². The van der Waals surface area contributed by atoms with Crippen molar-refractivity contribution in [3.05, 3.63) is 70.8 Å². The van der Waals surface area contributed by atoms with Crippen LogP contribution in [0.2, 0.25) is 0 Å². The Labute approximate surface area is 209 Å². The minimum atomic E-state index is -3.57. The molecule has 1 aromatic carbocycles. The minimum absolute atomic E-state index is 0.244. The first kappa shape index (κ1) is 25.4. The Bertz CT molecular complexity index is 1200. The molecule has 3 N–H and O–H groups in total. The van der Waals surface area contributed by atoms with Gasteiger partial charge in [-0.2, -0.15) is 4.31 Å². The van der Waals surface area contributed by atoms with Crippen LogP contribution in [0.15, 0.2) is 64.5 Å². The number of hydroxylamine groups is 2. The van der Waals surface area contributed by atoms with Crippen LogP contribution in [0.3, 0.4) is 0 Å². The van der Waals surface area contributed by atoms with Crippen LogP contribution >= 0.6 is 11.3 Å². The summed E-state index contributed by atoms with van der Waals surface area (Å²) in [7, 11) is -2.02. The van der Waals surface area contributed by atoms with Gasteiger partial charge in [0.05, 0.1) is 20.2 Å². The molecule has 0 bridgehead atoms. The van der Waals surface area contributed by atoms with Gasteiger partial charge in [-0.25, -0.2) is 8.42 Å². The molecule has 1 amide bonds. The maximum absolute atomic E-state index is 13.1. The maximum Gasteiger partial charge on any atom is 0.252 e. The van der Waals surface area contributed by atoms with Gasteiger partial charge in [-0.05, 0) is 54.8 Å². The van der Waals surface area contributed by atoms with Gasteiger partial charge in [0.1, 0.15) is 9.96 Å². The second-order valence-electron chi connectivity index (χ2n) is 8.41. The summed E-state index contributed by atoms with van der Waals surface area (Å²) in [5.74, 6) is 0.353. The van der Waals surface area contributed by atoms with E-state index in [2.05, 4.69) is 10.6 Å². The second-order valence-corrected chi connectivity index (χ2v) is 11.7. The summed E-state index contributed by atoms with van der Waals surface area (Å²) < 4.78 is 33.3. The van der Waals surface area contributed by atoms with Crippen molar-refractivity contribution in [2.75, 3.05) is 33.3 Å². The molecule has 0 spiro atoms. The van der Waals surface area contributed by atoms with Crippen molar-refractivity contribution in [3.63, 3.8) is 0 Å². The van der Waals surface area contributed by atoms with E-state index in [0.29, 0.717) is 41.7 Å². The Balaban J connectivity index is 1.27. The van der Waals surface area contributed by atoms with Crippen LogP contribution in [-0.2, 0) is 16.6 Å². The molecule has 0 radical (unpaired) electrons. The number of ether oxygens (including phenoxy) is 1. The molecule has 3 heterocycles. The number of nitrogens with one attached hydrogen (secondary N) is 2.